The lowest BCUT2D eigenvalue weighted by Gasteiger charge is -2.07. The van der Waals surface area contributed by atoms with Crippen molar-refractivity contribution in [2.75, 3.05) is 6.61 Å². The second-order valence-electron chi connectivity index (χ2n) is 5.27. The van der Waals surface area contributed by atoms with Gasteiger partial charge in [-0.3, -0.25) is 4.79 Å². The minimum Gasteiger partial charge on any atom is -0.484 e. The molecule has 0 saturated carbocycles. The predicted molar refractivity (Wildman–Crippen MR) is 88.2 cm³/mol. The van der Waals surface area contributed by atoms with Gasteiger partial charge >= 0.3 is 0 Å². The van der Waals surface area contributed by atoms with E-state index in [1.807, 2.05) is 39.0 Å². The Balaban J connectivity index is 1.89. The predicted octanol–water partition coefficient (Wildman–Crippen LogP) is 3.36. The van der Waals surface area contributed by atoms with E-state index in [1.54, 1.807) is 0 Å². The van der Waals surface area contributed by atoms with Crippen molar-refractivity contribution in [3.05, 3.63) is 65.0 Å². The summed E-state index contributed by atoms with van der Waals surface area (Å²) >= 11 is 0. The quantitative estimate of drug-likeness (QED) is 0.679. The molecule has 0 saturated heterocycles. The maximum Gasteiger partial charge on any atom is 0.277 e. The number of halogens is 1. The number of hydrazone groups is 1. The summed E-state index contributed by atoms with van der Waals surface area (Å²) < 4.78 is 18.0. The summed E-state index contributed by atoms with van der Waals surface area (Å²) in [7, 11) is 0. The van der Waals surface area contributed by atoms with E-state index >= 15 is 0 Å². The lowest BCUT2D eigenvalue weighted by Crippen LogP contribution is -2.25. The van der Waals surface area contributed by atoms with E-state index in [0.717, 1.165) is 5.56 Å². The first-order chi connectivity index (χ1) is 11.0. The van der Waals surface area contributed by atoms with Crippen molar-refractivity contribution < 1.29 is 13.9 Å². The van der Waals surface area contributed by atoms with Crippen molar-refractivity contribution >= 4 is 11.6 Å². The van der Waals surface area contributed by atoms with Gasteiger partial charge in [0.25, 0.3) is 5.91 Å². The molecule has 0 aliphatic rings. The molecule has 2 rings (SSSR count). The number of nitrogens with zero attached hydrogens (tertiary/aromatic N) is 1. The Morgan fingerprint density at radius 2 is 1.83 bits per heavy atom. The number of amides is 1. The van der Waals surface area contributed by atoms with E-state index in [2.05, 4.69) is 10.5 Å². The molecule has 1 amide bonds. The monoisotopic (exact) mass is 314 g/mol. The molecule has 0 heterocycles. The summed E-state index contributed by atoms with van der Waals surface area (Å²) in [6.07, 6.45) is 0. The molecule has 0 fully saturated rings. The van der Waals surface area contributed by atoms with Crippen LogP contribution in [0.25, 0.3) is 0 Å². The molecule has 0 bridgehead atoms. The van der Waals surface area contributed by atoms with Gasteiger partial charge in [-0.15, -0.1) is 0 Å². The number of rotatable bonds is 5. The van der Waals surface area contributed by atoms with Gasteiger partial charge in [-0.05, 0) is 67.8 Å². The number of aryl methyl sites for hydroxylation is 2. The summed E-state index contributed by atoms with van der Waals surface area (Å²) in [5.74, 6) is -0.302. The van der Waals surface area contributed by atoms with Crippen LogP contribution in [0.1, 0.15) is 23.6 Å². The summed E-state index contributed by atoms with van der Waals surface area (Å²) in [5, 5.41) is 4.07. The van der Waals surface area contributed by atoms with Gasteiger partial charge < -0.3 is 4.74 Å². The first-order valence-corrected chi connectivity index (χ1v) is 7.25. The van der Waals surface area contributed by atoms with Crippen LogP contribution in [0.3, 0.4) is 0 Å². The number of benzene rings is 2. The Bertz CT molecular complexity index is 724. The number of hydrogen-bond donors (Lipinski definition) is 1. The fourth-order valence-corrected chi connectivity index (χ4v) is 1.89. The highest BCUT2D eigenvalue weighted by molar-refractivity contribution is 5.99. The Morgan fingerprint density at radius 1 is 1.13 bits per heavy atom. The summed E-state index contributed by atoms with van der Waals surface area (Å²) in [4.78, 5) is 11.7. The Hall–Kier alpha value is -2.69. The molecule has 2 aromatic carbocycles. The van der Waals surface area contributed by atoms with E-state index < -0.39 is 0 Å². The van der Waals surface area contributed by atoms with E-state index in [9.17, 15) is 9.18 Å². The van der Waals surface area contributed by atoms with Gasteiger partial charge in [0.1, 0.15) is 11.6 Å². The average molecular weight is 314 g/mol. The van der Waals surface area contributed by atoms with Crippen molar-refractivity contribution in [1.29, 1.82) is 0 Å². The molecule has 0 spiro atoms. The SMILES string of the molecule is C/C(=N/NC(=O)COc1ccc(F)cc1)c1ccc(C)c(C)c1. The Labute approximate surface area is 135 Å². The van der Waals surface area contributed by atoms with Crippen LogP contribution in [0.2, 0.25) is 0 Å². The van der Waals surface area contributed by atoms with Crippen LogP contribution in [0.15, 0.2) is 47.6 Å². The highest BCUT2D eigenvalue weighted by Gasteiger charge is 2.04. The van der Waals surface area contributed by atoms with Gasteiger partial charge in [0.05, 0.1) is 5.71 Å². The van der Waals surface area contributed by atoms with Crippen molar-refractivity contribution in [3.8, 4) is 5.75 Å². The number of carbonyl (C=O) groups excluding carboxylic acids is 1. The fraction of sp³-hybridized carbons (Fsp3) is 0.222. The van der Waals surface area contributed by atoms with Crippen LogP contribution in [-0.4, -0.2) is 18.2 Å². The van der Waals surface area contributed by atoms with Crippen LogP contribution in [-0.2, 0) is 4.79 Å². The third kappa shape index (κ3) is 4.92. The fourth-order valence-electron chi connectivity index (χ4n) is 1.89. The summed E-state index contributed by atoms with van der Waals surface area (Å²) in [5.41, 5.74) is 6.49. The van der Waals surface area contributed by atoms with Crippen molar-refractivity contribution in [3.63, 3.8) is 0 Å². The topological polar surface area (TPSA) is 50.7 Å². The van der Waals surface area contributed by atoms with Gasteiger partial charge in [0, 0.05) is 0 Å². The number of nitrogens with one attached hydrogen (secondary N) is 1. The second kappa shape index (κ2) is 7.54. The molecule has 0 atom stereocenters. The third-order valence-corrected chi connectivity index (χ3v) is 3.46. The van der Waals surface area contributed by atoms with Crippen molar-refractivity contribution in [1.82, 2.24) is 5.43 Å². The molecule has 120 valence electrons. The van der Waals surface area contributed by atoms with E-state index in [-0.39, 0.29) is 18.3 Å². The van der Waals surface area contributed by atoms with Crippen LogP contribution in [0, 0.1) is 19.7 Å². The van der Waals surface area contributed by atoms with E-state index in [1.165, 1.54) is 35.4 Å². The maximum atomic E-state index is 12.8. The van der Waals surface area contributed by atoms with Gasteiger partial charge in [-0.25, -0.2) is 9.82 Å². The van der Waals surface area contributed by atoms with Crippen LogP contribution in [0.4, 0.5) is 4.39 Å². The molecule has 5 heteroatoms. The zero-order valence-electron chi connectivity index (χ0n) is 13.4. The average Bonchev–Trinajstić information content (AvgIpc) is 2.54. The van der Waals surface area contributed by atoms with Gasteiger partial charge in [0.15, 0.2) is 6.61 Å². The minimum atomic E-state index is -0.377. The third-order valence-electron chi connectivity index (χ3n) is 3.46. The summed E-state index contributed by atoms with van der Waals surface area (Å²) in [6, 6.07) is 11.5. The molecule has 0 aliphatic carbocycles. The lowest BCUT2D eigenvalue weighted by atomic mass is 10.0. The normalized spacial score (nSPS) is 11.2. The highest BCUT2D eigenvalue weighted by atomic mass is 19.1. The van der Waals surface area contributed by atoms with E-state index in [4.69, 9.17) is 4.74 Å². The zero-order chi connectivity index (χ0) is 16.8. The maximum absolute atomic E-state index is 12.8. The Morgan fingerprint density at radius 3 is 2.48 bits per heavy atom. The molecule has 0 aliphatic heterocycles. The van der Waals surface area contributed by atoms with Crippen molar-refractivity contribution in [2.24, 2.45) is 5.10 Å². The standard InChI is InChI=1S/C18H19FN2O2/c1-12-4-5-15(10-13(12)2)14(3)20-21-18(22)11-23-17-8-6-16(19)7-9-17/h4-10H,11H2,1-3H3,(H,21,22)/b20-14-. The number of ether oxygens (including phenoxy) is 1. The second-order valence-corrected chi connectivity index (χ2v) is 5.27. The zero-order valence-corrected chi connectivity index (χ0v) is 13.4. The van der Waals surface area contributed by atoms with Crippen LogP contribution < -0.4 is 10.2 Å². The Kier molecular flexibility index (Phi) is 5.46. The van der Waals surface area contributed by atoms with Crippen molar-refractivity contribution in [2.45, 2.75) is 20.8 Å². The summed E-state index contributed by atoms with van der Waals surface area (Å²) in [6.45, 7) is 5.71. The lowest BCUT2D eigenvalue weighted by molar-refractivity contribution is -0.123. The largest absolute Gasteiger partial charge is 0.484 e. The smallest absolute Gasteiger partial charge is 0.277 e. The molecular weight excluding hydrogens is 295 g/mol. The molecular formula is C18H19FN2O2. The number of hydrogen-bond acceptors (Lipinski definition) is 3. The molecule has 0 aromatic heterocycles. The van der Waals surface area contributed by atoms with Crippen LogP contribution >= 0.6 is 0 Å². The molecule has 4 nitrogen and oxygen atoms in total. The number of carbonyl (C=O) groups is 1. The molecule has 1 N–H and O–H groups in total. The van der Waals surface area contributed by atoms with Gasteiger partial charge in [0.2, 0.25) is 0 Å². The van der Waals surface area contributed by atoms with E-state index in [0.29, 0.717) is 11.5 Å². The highest BCUT2D eigenvalue weighted by Crippen LogP contribution is 2.11. The van der Waals surface area contributed by atoms with Crippen LogP contribution in [0.5, 0.6) is 5.75 Å². The first-order valence-electron chi connectivity index (χ1n) is 7.25. The molecule has 23 heavy (non-hydrogen) atoms. The molecule has 0 unspecified atom stereocenters. The first kappa shape index (κ1) is 16.7. The molecule has 2 aromatic rings. The van der Waals surface area contributed by atoms with Gasteiger partial charge in [-0.2, -0.15) is 5.10 Å². The molecule has 0 radical (unpaired) electrons. The van der Waals surface area contributed by atoms with Gasteiger partial charge in [-0.1, -0.05) is 12.1 Å². The minimum absolute atomic E-state index is 0.185.